The van der Waals surface area contributed by atoms with Crippen LogP contribution in [0.1, 0.15) is 40.9 Å². The predicted molar refractivity (Wildman–Crippen MR) is 126 cm³/mol. The number of benzene rings is 1. The van der Waals surface area contributed by atoms with E-state index in [1.165, 1.54) is 28.8 Å². The van der Waals surface area contributed by atoms with Crippen LogP contribution < -0.4 is 0 Å². The minimum Gasteiger partial charge on any atom is -0.297 e. The van der Waals surface area contributed by atoms with Gasteiger partial charge in [-0.3, -0.25) is 14.5 Å². The van der Waals surface area contributed by atoms with Crippen LogP contribution in [0.15, 0.2) is 66.3 Å². The lowest BCUT2D eigenvalue weighted by Gasteiger charge is -2.36. The number of pyridine rings is 1. The SMILES string of the molecule is S=c1n(CN2CCc3sccc3C2c2ccccc2)nc(-c2ccncc2)n1C1CC1. The maximum absolute atomic E-state index is 5.94. The third kappa shape index (κ3) is 3.46. The van der Waals surface area contributed by atoms with Gasteiger partial charge in [-0.15, -0.1) is 11.3 Å². The van der Waals surface area contributed by atoms with Gasteiger partial charge in [0.2, 0.25) is 0 Å². The molecule has 4 aromatic rings. The molecule has 1 atom stereocenters. The minimum absolute atomic E-state index is 0.230. The van der Waals surface area contributed by atoms with Crippen LogP contribution in [0.3, 0.4) is 0 Å². The molecule has 31 heavy (non-hydrogen) atoms. The summed E-state index contributed by atoms with van der Waals surface area (Å²) in [6.45, 7) is 1.68. The van der Waals surface area contributed by atoms with Gasteiger partial charge < -0.3 is 0 Å². The first kappa shape index (κ1) is 19.1. The molecule has 1 fully saturated rings. The summed E-state index contributed by atoms with van der Waals surface area (Å²) in [6, 6.07) is 17.8. The molecule has 0 bridgehead atoms. The molecule has 1 aromatic carbocycles. The molecular formula is C24H23N5S2. The Hall–Kier alpha value is -2.61. The van der Waals surface area contributed by atoms with Gasteiger partial charge in [0, 0.05) is 35.4 Å². The van der Waals surface area contributed by atoms with Crippen LogP contribution in [0.2, 0.25) is 0 Å². The van der Waals surface area contributed by atoms with E-state index in [2.05, 4.69) is 56.2 Å². The van der Waals surface area contributed by atoms with Crippen LogP contribution in [-0.4, -0.2) is 30.8 Å². The molecule has 6 rings (SSSR count). The Kier molecular flexibility index (Phi) is 4.82. The summed E-state index contributed by atoms with van der Waals surface area (Å²) in [5.74, 6) is 0.958. The zero-order valence-corrected chi connectivity index (χ0v) is 18.7. The van der Waals surface area contributed by atoms with Crippen molar-refractivity contribution in [1.82, 2.24) is 24.2 Å². The smallest absolute Gasteiger partial charge is 0.199 e. The quantitative estimate of drug-likeness (QED) is 0.382. The van der Waals surface area contributed by atoms with Crippen LogP contribution in [0.4, 0.5) is 0 Å². The van der Waals surface area contributed by atoms with Crippen molar-refractivity contribution in [3.05, 3.63) is 87.1 Å². The van der Waals surface area contributed by atoms with Crippen molar-refractivity contribution < 1.29 is 0 Å². The topological polar surface area (TPSA) is 38.9 Å². The second kappa shape index (κ2) is 7.82. The molecule has 7 heteroatoms. The largest absolute Gasteiger partial charge is 0.297 e. The number of aromatic nitrogens is 4. The predicted octanol–water partition coefficient (Wildman–Crippen LogP) is 5.48. The van der Waals surface area contributed by atoms with Gasteiger partial charge in [-0.05, 0) is 66.2 Å². The fourth-order valence-electron chi connectivity index (χ4n) is 4.59. The van der Waals surface area contributed by atoms with Gasteiger partial charge in [0.25, 0.3) is 0 Å². The Morgan fingerprint density at radius 1 is 1.03 bits per heavy atom. The fourth-order valence-corrected chi connectivity index (χ4v) is 5.83. The van der Waals surface area contributed by atoms with Gasteiger partial charge in [-0.2, -0.15) is 5.10 Å². The van der Waals surface area contributed by atoms with E-state index in [0.29, 0.717) is 12.7 Å². The number of hydrogen-bond donors (Lipinski definition) is 0. The summed E-state index contributed by atoms with van der Waals surface area (Å²) in [5, 5.41) is 7.24. The monoisotopic (exact) mass is 445 g/mol. The van der Waals surface area contributed by atoms with E-state index in [1.54, 1.807) is 0 Å². The van der Waals surface area contributed by atoms with Crippen molar-refractivity contribution in [2.45, 2.75) is 38.0 Å². The minimum atomic E-state index is 0.230. The number of fused-ring (bicyclic) bond motifs is 1. The summed E-state index contributed by atoms with van der Waals surface area (Å²) in [6.07, 6.45) is 7.06. The number of hydrogen-bond acceptors (Lipinski definition) is 5. The second-order valence-corrected chi connectivity index (χ2v) is 9.62. The van der Waals surface area contributed by atoms with Gasteiger partial charge in [-0.25, -0.2) is 4.68 Å². The molecule has 1 saturated carbocycles. The molecule has 5 nitrogen and oxygen atoms in total. The molecular weight excluding hydrogens is 422 g/mol. The summed E-state index contributed by atoms with van der Waals surface area (Å²) in [7, 11) is 0. The molecule has 2 aliphatic rings. The number of nitrogens with zero attached hydrogens (tertiary/aromatic N) is 5. The van der Waals surface area contributed by atoms with Crippen molar-refractivity contribution in [3.63, 3.8) is 0 Å². The third-order valence-electron chi connectivity index (χ3n) is 6.22. The van der Waals surface area contributed by atoms with Crippen LogP contribution >= 0.6 is 23.6 Å². The summed E-state index contributed by atoms with van der Waals surface area (Å²) in [4.78, 5) is 8.18. The van der Waals surface area contributed by atoms with Crippen molar-refractivity contribution in [3.8, 4) is 11.4 Å². The first-order valence-corrected chi connectivity index (χ1v) is 12.0. The van der Waals surface area contributed by atoms with Crippen LogP contribution in [-0.2, 0) is 13.1 Å². The molecule has 0 radical (unpaired) electrons. The lowest BCUT2D eigenvalue weighted by molar-refractivity contribution is 0.156. The average molecular weight is 446 g/mol. The maximum Gasteiger partial charge on any atom is 0.199 e. The van der Waals surface area contributed by atoms with Crippen LogP contribution in [0, 0.1) is 4.77 Å². The molecule has 0 amide bonds. The molecule has 0 N–H and O–H groups in total. The van der Waals surface area contributed by atoms with Crippen molar-refractivity contribution >= 4 is 23.6 Å². The normalized spacial score (nSPS) is 18.8. The standard InChI is InChI=1S/C24H23N5S2/c30-24-28(26-23(29(24)19-6-7-19)18-8-12-25-13-9-18)16-27-14-10-21-20(11-15-31-21)22(27)17-4-2-1-3-5-17/h1-5,8-9,11-13,15,19,22H,6-7,10,14,16H2. The molecule has 1 unspecified atom stereocenters. The van der Waals surface area contributed by atoms with Gasteiger partial charge in [0.05, 0.1) is 12.7 Å². The Labute approximate surface area is 190 Å². The van der Waals surface area contributed by atoms with E-state index in [0.717, 1.165) is 29.1 Å². The van der Waals surface area contributed by atoms with Gasteiger partial charge in [-0.1, -0.05) is 30.3 Å². The lowest BCUT2D eigenvalue weighted by atomic mass is 9.94. The fraction of sp³-hybridized carbons (Fsp3) is 0.292. The summed E-state index contributed by atoms with van der Waals surface area (Å²) in [5.41, 5.74) is 3.82. The van der Waals surface area contributed by atoms with E-state index < -0.39 is 0 Å². The summed E-state index contributed by atoms with van der Waals surface area (Å²) < 4.78 is 5.09. The first-order valence-electron chi connectivity index (χ1n) is 10.7. The third-order valence-corrected chi connectivity index (χ3v) is 7.62. The maximum atomic E-state index is 5.94. The first-order chi connectivity index (χ1) is 15.3. The van der Waals surface area contributed by atoms with Crippen molar-refractivity contribution in [2.24, 2.45) is 0 Å². The number of rotatable bonds is 5. The highest BCUT2D eigenvalue weighted by Gasteiger charge is 2.32. The molecule has 1 aliphatic heterocycles. The Balaban J connectivity index is 1.40. The molecule has 3 aromatic heterocycles. The van der Waals surface area contributed by atoms with E-state index in [1.807, 2.05) is 40.5 Å². The Morgan fingerprint density at radius 2 is 1.84 bits per heavy atom. The second-order valence-electron chi connectivity index (χ2n) is 8.26. The van der Waals surface area contributed by atoms with Crippen LogP contribution in [0.25, 0.3) is 11.4 Å². The van der Waals surface area contributed by atoms with Crippen molar-refractivity contribution in [2.75, 3.05) is 6.54 Å². The molecule has 1 aliphatic carbocycles. The van der Waals surface area contributed by atoms with Crippen molar-refractivity contribution in [1.29, 1.82) is 0 Å². The average Bonchev–Trinajstić information content (AvgIpc) is 3.44. The number of thiophene rings is 1. The molecule has 0 saturated heterocycles. The molecule has 0 spiro atoms. The highest BCUT2D eigenvalue weighted by molar-refractivity contribution is 7.71. The van der Waals surface area contributed by atoms with Gasteiger partial charge in [0.1, 0.15) is 0 Å². The van der Waals surface area contributed by atoms with E-state index in [4.69, 9.17) is 17.3 Å². The lowest BCUT2D eigenvalue weighted by Crippen LogP contribution is -2.37. The zero-order valence-electron chi connectivity index (χ0n) is 17.1. The Bertz CT molecular complexity index is 1250. The summed E-state index contributed by atoms with van der Waals surface area (Å²) >= 11 is 7.81. The van der Waals surface area contributed by atoms with E-state index >= 15 is 0 Å². The molecule has 156 valence electrons. The highest BCUT2D eigenvalue weighted by atomic mass is 32.1. The van der Waals surface area contributed by atoms with Crippen LogP contribution in [0.5, 0.6) is 0 Å². The van der Waals surface area contributed by atoms with Gasteiger partial charge >= 0.3 is 0 Å². The highest BCUT2D eigenvalue weighted by Crippen LogP contribution is 2.40. The zero-order chi connectivity index (χ0) is 20.8. The van der Waals surface area contributed by atoms with E-state index in [-0.39, 0.29) is 6.04 Å². The Morgan fingerprint density at radius 3 is 2.61 bits per heavy atom. The van der Waals surface area contributed by atoms with E-state index in [9.17, 15) is 0 Å². The molecule has 4 heterocycles. The van der Waals surface area contributed by atoms with Gasteiger partial charge in [0.15, 0.2) is 10.6 Å².